The van der Waals surface area contributed by atoms with E-state index in [0.29, 0.717) is 12.2 Å². The number of rotatable bonds is 6. The van der Waals surface area contributed by atoms with Gasteiger partial charge in [-0.05, 0) is 39.3 Å². The number of nitrogens with one attached hydrogen (secondary N) is 1. The minimum Gasteiger partial charge on any atom is -0.379 e. The molecule has 1 aliphatic heterocycles. The van der Waals surface area contributed by atoms with E-state index in [1.807, 2.05) is 6.92 Å². The van der Waals surface area contributed by atoms with E-state index in [1.165, 1.54) is 17.5 Å². The predicted octanol–water partition coefficient (Wildman–Crippen LogP) is 2.20. The molecule has 0 bridgehead atoms. The molecule has 1 fully saturated rings. The first-order chi connectivity index (χ1) is 9.61. The fraction of sp³-hybridized carbons (Fsp3) is 0.714. The highest BCUT2D eigenvalue weighted by atomic mass is 35.5. The normalized spacial score (nSPS) is 17.4. The van der Waals surface area contributed by atoms with E-state index in [4.69, 9.17) is 11.6 Å². The maximum atomic E-state index is 12.0. The minimum absolute atomic E-state index is 0.216. The molecular formula is C14H23ClN4O. The number of aryl methyl sites for hydroxylation is 1. The Labute approximate surface area is 124 Å². The fourth-order valence-corrected chi connectivity index (χ4v) is 2.80. The third-order valence-corrected chi connectivity index (χ3v) is 3.92. The Kier molecular flexibility index (Phi) is 5.43. The summed E-state index contributed by atoms with van der Waals surface area (Å²) < 4.78 is 1.42. The first-order valence-corrected chi connectivity index (χ1v) is 7.74. The Balaban J connectivity index is 2.01. The Bertz CT molecular complexity index is 496. The summed E-state index contributed by atoms with van der Waals surface area (Å²) in [5.41, 5.74) is 0.419. The fourth-order valence-electron chi connectivity index (χ4n) is 2.60. The van der Waals surface area contributed by atoms with Crippen molar-refractivity contribution in [1.82, 2.24) is 14.7 Å². The van der Waals surface area contributed by atoms with Crippen molar-refractivity contribution >= 4 is 17.3 Å². The van der Waals surface area contributed by atoms with Gasteiger partial charge in [-0.3, -0.25) is 4.79 Å². The minimum atomic E-state index is -0.216. The van der Waals surface area contributed by atoms with Crippen LogP contribution in [0.25, 0.3) is 0 Å². The summed E-state index contributed by atoms with van der Waals surface area (Å²) in [5, 5.41) is 7.69. The maximum Gasteiger partial charge on any atom is 0.287 e. The lowest BCUT2D eigenvalue weighted by atomic mass is 10.3. The number of aromatic nitrogens is 2. The maximum absolute atomic E-state index is 12.0. The van der Waals surface area contributed by atoms with Gasteiger partial charge >= 0.3 is 0 Å². The van der Waals surface area contributed by atoms with Crippen LogP contribution in [0.2, 0.25) is 5.02 Å². The van der Waals surface area contributed by atoms with Crippen LogP contribution in [-0.2, 0) is 6.54 Å². The molecule has 6 heteroatoms. The molecule has 1 saturated heterocycles. The van der Waals surface area contributed by atoms with E-state index in [-0.39, 0.29) is 16.6 Å². The molecule has 5 nitrogen and oxygen atoms in total. The highest BCUT2D eigenvalue weighted by Crippen LogP contribution is 2.17. The zero-order valence-corrected chi connectivity index (χ0v) is 13.0. The van der Waals surface area contributed by atoms with Gasteiger partial charge in [0.05, 0.1) is 11.9 Å². The highest BCUT2D eigenvalue weighted by Gasteiger charge is 2.16. The highest BCUT2D eigenvalue weighted by molar-refractivity contribution is 6.32. The lowest BCUT2D eigenvalue weighted by Gasteiger charge is -2.22. The van der Waals surface area contributed by atoms with Crippen molar-refractivity contribution in [3.05, 3.63) is 21.6 Å². The largest absolute Gasteiger partial charge is 0.379 e. The molecular weight excluding hydrogens is 276 g/mol. The van der Waals surface area contributed by atoms with Gasteiger partial charge < -0.3 is 10.2 Å². The molecule has 0 radical (unpaired) electrons. The number of hydrogen-bond acceptors (Lipinski definition) is 4. The standard InChI is InChI=1S/C14H23ClN4O/c1-3-6-19-14(20)13(15)12(9-16-19)17-11(2)10-18-7-4-5-8-18/h9,11,17H,3-8,10H2,1-2H3. The molecule has 0 aromatic carbocycles. The molecule has 1 aliphatic rings. The van der Waals surface area contributed by atoms with E-state index in [9.17, 15) is 4.79 Å². The number of nitrogens with zero attached hydrogens (tertiary/aromatic N) is 3. The monoisotopic (exact) mass is 298 g/mol. The van der Waals surface area contributed by atoms with Crippen LogP contribution in [0.15, 0.2) is 11.0 Å². The zero-order chi connectivity index (χ0) is 14.5. The van der Waals surface area contributed by atoms with Crippen LogP contribution in [0.4, 0.5) is 5.69 Å². The van der Waals surface area contributed by atoms with Gasteiger partial charge in [0.15, 0.2) is 0 Å². The molecule has 1 aromatic heterocycles. The zero-order valence-electron chi connectivity index (χ0n) is 12.2. The lowest BCUT2D eigenvalue weighted by Crippen LogP contribution is -2.34. The average Bonchev–Trinajstić information content (AvgIpc) is 2.91. The van der Waals surface area contributed by atoms with Crippen LogP contribution in [0, 0.1) is 0 Å². The van der Waals surface area contributed by atoms with Crippen molar-refractivity contribution < 1.29 is 0 Å². The van der Waals surface area contributed by atoms with E-state index < -0.39 is 0 Å². The van der Waals surface area contributed by atoms with Crippen LogP contribution in [0.5, 0.6) is 0 Å². The van der Waals surface area contributed by atoms with Crippen molar-refractivity contribution in [2.45, 2.75) is 45.7 Å². The summed E-state index contributed by atoms with van der Waals surface area (Å²) in [6.07, 6.45) is 5.07. The van der Waals surface area contributed by atoms with Crippen molar-refractivity contribution in [3.63, 3.8) is 0 Å². The second-order valence-corrected chi connectivity index (χ2v) is 5.83. The second kappa shape index (κ2) is 7.09. The molecule has 0 aliphatic carbocycles. The van der Waals surface area contributed by atoms with Crippen LogP contribution < -0.4 is 10.9 Å². The van der Waals surface area contributed by atoms with E-state index in [1.54, 1.807) is 6.20 Å². The molecule has 112 valence electrons. The van der Waals surface area contributed by atoms with Crippen LogP contribution in [0.1, 0.15) is 33.1 Å². The van der Waals surface area contributed by atoms with E-state index in [0.717, 1.165) is 26.1 Å². The molecule has 2 rings (SSSR count). The molecule has 0 amide bonds. The SMILES string of the molecule is CCCn1ncc(NC(C)CN2CCCC2)c(Cl)c1=O. The quantitative estimate of drug-likeness (QED) is 0.875. The van der Waals surface area contributed by atoms with Gasteiger partial charge in [-0.2, -0.15) is 5.10 Å². The predicted molar refractivity (Wildman–Crippen MR) is 82.6 cm³/mol. The Morgan fingerprint density at radius 3 is 2.80 bits per heavy atom. The number of halogens is 1. The Morgan fingerprint density at radius 1 is 1.45 bits per heavy atom. The summed E-state index contributed by atoms with van der Waals surface area (Å²) in [6.45, 7) is 8.00. The summed E-state index contributed by atoms with van der Waals surface area (Å²) in [7, 11) is 0. The molecule has 1 atom stereocenters. The number of likely N-dealkylation sites (tertiary alicyclic amines) is 1. The van der Waals surface area contributed by atoms with E-state index in [2.05, 4.69) is 22.2 Å². The second-order valence-electron chi connectivity index (χ2n) is 5.45. The molecule has 1 N–H and O–H groups in total. The average molecular weight is 299 g/mol. The molecule has 20 heavy (non-hydrogen) atoms. The summed E-state index contributed by atoms with van der Waals surface area (Å²) >= 11 is 6.15. The first kappa shape index (κ1) is 15.3. The van der Waals surface area contributed by atoms with Crippen molar-refractivity contribution in [2.24, 2.45) is 0 Å². The van der Waals surface area contributed by atoms with E-state index >= 15 is 0 Å². The molecule has 0 saturated carbocycles. The number of anilines is 1. The molecule has 2 heterocycles. The van der Waals surface area contributed by atoms with Crippen LogP contribution in [0.3, 0.4) is 0 Å². The van der Waals surface area contributed by atoms with Gasteiger partial charge in [0, 0.05) is 19.1 Å². The Morgan fingerprint density at radius 2 is 2.15 bits per heavy atom. The number of hydrogen-bond donors (Lipinski definition) is 1. The van der Waals surface area contributed by atoms with Gasteiger partial charge in [0.1, 0.15) is 5.02 Å². The van der Waals surface area contributed by atoms with Crippen molar-refractivity contribution in [3.8, 4) is 0 Å². The van der Waals surface area contributed by atoms with Crippen molar-refractivity contribution in [1.29, 1.82) is 0 Å². The third-order valence-electron chi connectivity index (χ3n) is 3.55. The van der Waals surface area contributed by atoms with Gasteiger partial charge in [-0.1, -0.05) is 18.5 Å². The van der Waals surface area contributed by atoms with Gasteiger partial charge in [-0.15, -0.1) is 0 Å². The van der Waals surface area contributed by atoms with Gasteiger partial charge in [-0.25, -0.2) is 4.68 Å². The molecule has 1 aromatic rings. The molecule has 1 unspecified atom stereocenters. The third kappa shape index (κ3) is 3.73. The Hall–Kier alpha value is -1.07. The van der Waals surface area contributed by atoms with Gasteiger partial charge in [0.25, 0.3) is 5.56 Å². The van der Waals surface area contributed by atoms with Crippen LogP contribution >= 0.6 is 11.6 Å². The summed E-state index contributed by atoms with van der Waals surface area (Å²) in [5.74, 6) is 0. The topological polar surface area (TPSA) is 50.2 Å². The summed E-state index contributed by atoms with van der Waals surface area (Å²) in [6, 6.07) is 0.244. The van der Waals surface area contributed by atoms with Crippen LogP contribution in [-0.4, -0.2) is 40.4 Å². The lowest BCUT2D eigenvalue weighted by molar-refractivity contribution is 0.328. The summed E-state index contributed by atoms with van der Waals surface area (Å²) in [4.78, 5) is 14.5. The van der Waals surface area contributed by atoms with Crippen molar-refractivity contribution in [2.75, 3.05) is 25.0 Å². The smallest absolute Gasteiger partial charge is 0.287 e. The first-order valence-electron chi connectivity index (χ1n) is 7.36. The molecule has 0 spiro atoms. The van der Waals surface area contributed by atoms with Gasteiger partial charge in [0.2, 0.25) is 0 Å².